The molecule has 0 spiro atoms. The molecule has 1 fully saturated rings. The molecule has 0 bridgehead atoms. The number of aryl methyl sites for hydroxylation is 1. The van der Waals surface area contributed by atoms with Crippen molar-refractivity contribution in [1.82, 2.24) is 0 Å². The average molecular weight is 225 g/mol. The summed E-state index contributed by atoms with van der Waals surface area (Å²) < 4.78 is 0. The second-order valence-corrected chi connectivity index (χ2v) is 4.46. The first-order valence-electron chi connectivity index (χ1n) is 4.85. The molecule has 3 nitrogen and oxygen atoms in total. The Kier molecular flexibility index (Phi) is 2.35. The molecule has 0 atom stereocenters. The molecule has 1 aromatic rings. The summed E-state index contributed by atoms with van der Waals surface area (Å²) >= 11 is 5.96. The van der Waals surface area contributed by atoms with Crippen molar-refractivity contribution < 1.29 is 5.21 Å². The van der Waals surface area contributed by atoms with Crippen molar-refractivity contribution in [2.45, 2.75) is 25.2 Å². The van der Waals surface area contributed by atoms with Crippen LogP contribution in [0, 0.1) is 6.92 Å². The topological polar surface area (TPSA) is 58.6 Å². The zero-order valence-electron chi connectivity index (χ0n) is 8.50. The predicted octanol–water partition coefficient (Wildman–Crippen LogP) is 2.43. The van der Waals surface area contributed by atoms with E-state index in [1.807, 2.05) is 25.1 Å². The molecule has 0 radical (unpaired) electrons. The van der Waals surface area contributed by atoms with Crippen LogP contribution in [0.1, 0.15) is 24.0 Å². The van der Waals surface area contributed by atoms with Gasteiger partial charge >= 0.3 is 0 Å². The molecule has 3 N–H and O–H groups in total. The quantitative estimate of drug-likeness (QED) is 0.351. The third-order valence-electron chi connectivity index (χ3n) is 3.06. The molecule has 0 heterocycles. The monoisotopic (exact) mass is 224 g/mol. The van der Waals surface area contributed by atoms with E-state index in [2.05, 4.69) is 5.16 Å². The summed E-state index contributed by atoms with van der Waals surface area (Å²) in [5.74, 6) is 0.285. The minimum Gasteiger partial charge on any atom is -0.409 e. The number of benzene rings is 1. The van der Waals surface area contributed by atoms with E-state index in [1.165, 1.54) is 0 Å². The Morgan fingerprint density at radius 1 is 1.53 bits per heavy atom. The van der Waals surface area contributed by atoms with Crippen molar-refractivity contribution >= 4 is 17.4 Å². The van der Waals surface area contributed by atoms with Gasteiger partial charge < -0.3 is 10.9 Å². The van der Waals surface area contributed by atoms with Crippen molar-refractivity contribution in [2.24, 2.45) is 10.9 Å². The smallest absolute Gasteiger partial charge is 0.149 e. The lowest BCUT2D eigenvalue weighted by Crippen LogP contribution is -2.29. The minimum absolute atomic E-state index is 0.274. The van der Waals surface area contributed by atoms with Crippen molar-refractivity contribution in [2.75, 3.05) is 0 Å². The molecule has 0 aromatic heterocycles. The van der Waals surface area contributed by atoms with Gasteiger partial charge in [-0.05, 0) is 43.0 Å². The second kappa shape index (κ2) is 3.42. The van der Waals surface area contributed by atoms with E-state index >= 15 is 0 Å². The van der Waals surface area contributed by atoms with E-state index in [1.54, 1.807) is 0 Å². The fraction of sp³-hybridized carbons (Fsp3) is 0.364. The van der Waals surface area contributed by atoms with Crippen LogP contribution >= 0.6 is 11.6 Å². The van der Waals surface area contributed by atoms with Gasteiger partial charge in [-0.15, -0.1) is 0 Å². The molecule has 0 amide bonds. The number of nitrogens with zero attached hydrogens (tertiary/aromatic N) is 1. The van der Waals surface area contributed by atoms with Gasteiger partial charge in [0.25, 0.3) is 0 Å². The maximum atomic E-state index is 8.76. The SMILES string of the molecule is Cc1ccc(Cl)cc1C1(/C(N)=N/O)CC1. The Hall–Kier alpha value is -1.22. The number of hydrogen-bond donors (Lipinski definition) is 2. The summed E-state index contributed by atoms with van der Waals surface area (Å²) in [6, 6.07) is 5.72. The number of halogens is 1. The molecule has 80 valence electrons. The normalized spacial score (nSPS) is 18.9. The van der Waals surface area contributed by atoms with Crippen LogP contribution in [0.25, 0.3) is 0 Å². The number of oxime groups is 1. The fourth-order valence-electron chi connectivity index (χ4n) is 1.99. The van der Waals surface area contributed by atoms with Gasteiger partial charge in [-0.3, -0.25) is 0 Å². The fourth-order valence-corrected chi connectivity index (χ4v) is 2.17. The molecule has 0 saturated heterocycles. The zero-order valence-corrected chi connectivity index (χ0v) is 9.25. The molecule has 0 unspecified atom stereocenters. The largest absolute Gasteiger partial charge is 0.409 e. The second-order valence-electron chi connectivity index (χ2n) is 4.03. The highest BCUT2D eigenvalue weighted by molar-refractivity contribution is 6.30. The first-order chi connectivity index (χ1) is 7.10. The van der Waals surface area contributed by atoms with Gasteiger partial charge in [-0.1, -0.05) is 22.8 Å². The summed E-state index contributed by atoms with van der Waals surface area (Å²) in [5.41, 5.74) is 7.65. The van der Waals surface area contributed by atoms with Crippen LogP contribution in [0.5, 0.6) is 0 Å². The van der Waals surface area contributed by atoms with Gasteiger partial charge in [0.1, 0.15) is 5.84 Å². The van der Waals surface area contributed by atoms with Crippen LogP contribution in [0.2, 0.25) is 5.02 Å². The number of amidine groups is 1. The van der Waals surface area contributed by atoms with Crippen molar-refractivity contribution in [3.05, 3.63) is 34.3 Å². The third kappa shape index (κ3) is 1.57. The summed E-state index contributed by atoms with van der Waals surface area (Å²) in [6.07, 6.45) is 1.84. The van der Waals surface area contributed by atoms with Gasteiger partial charge in [0, 0.05) is 5.02 Å². The molecule has 4 heteroatoms. The lowest BCUT2D eigenvalue weighted by Gasteiger charge is -2.16. The molecule has 1 saturated carbocycles. The van der Waals surface area contributed by atoms with Crippen LogP contribution in [0.4, 0.5) is 0 Å². The van der Waals surface area contributed by atoms with Crippen molar-refractivity contribution in [3.8, 4) is 0 Å². The van der Waals surface area contributed by atoms with Gasteiger partial charge in [-0.2, -0.15) is 0 Å². The van der Waals surface area contributed by atoms with Gasteiger partial charge in [-0.25, -0.2) is 0 Å². The van der Waals surface area contributed by atoms with E-state index in [9.17, 15) is 0 Å². The lowest BCUT2D eigenvalue weighted by molar-refractivity contribution is 0.315. The highest BCUT2D eigenvalue weighted by Gasteiger charge is 2.49. The highest BCUT2D eigenvalue weighted by atomic mass is 35.5. The van der Waals surface area contributed by atoms with Gasteiger partial charge in [0.15, 0.2) is 0 Å². The maximum absolute atomic E-state index is 8.76. The molecule has 2 rings (SSSR count). The van der Waals surface area contributed by atoms with E-state index in [-0.39, 0.29) is 11.3 Å². The highest BCUT2D eigenvalue weighted by Crippen LogP contribution is 2.49. The predicted molar refractivity (Wildman–Crippen MR) is 60.5 cm³/mol. The zero-order chi connectivity index (χ0) is 11.1. The average Bonchev–Trinajstić information content (AvgIpc) is 3.01. The number of nitrogens with two attached hydrogens (primary N) is 1. The molecule has 15 heavy (non-hydrogen) atoms. The summed E-state index contributed by atoms with van der Waals surface area (Å²) in [4.78, 5) is 0. The van der Waals surface area contributed by atoms with Crippen LogP contribution in [-0.2, 0) is 5.41 Å². The van der Waals surface area contributed by atoms with Crippen LogP contribution in [0.15, 0.2) is 23.4 Å². The molecule has 1 aromatic carbocycles. The van der Waals surface area contributed by atoms with E-state index in [0.717, 1.165) is 24.0 Å². The third-order valence-corrected chi connectivity index (χ3v) is 3.30. The molecular formula is C11H13ClN2O. The summed E-state index contributed by atoms with van der Waals surface area (Å²) in [6.45, 7) is 2.01. The molecule has 0 aliphatic heterocycles. The molecule has 1 aliphatic carbocycles. The molecule has 1 aliphatic rings. The van der Waals surface area contributed by atoms with Crippen molar-refractivity contribution in [1.29, 1.82) is 0 Å². The van der Waals surface area contributed by atoms with Gasteiger partial charge in [0.2, 0.25) is 0 Å². The Bertz CT molecular complexity index is 425. The van der Waals surface area contributed by atoms with Crippen LogP contribution in [-0.4, -0.2) is 11.0 Å². The van der Waals surface area contributed by atoms with Crippen LogP contribution < -0.4 is 5.73 Å². The van der Waals surface area contributed by atoms with E-state index < -0.39 is 0 Å². The Labute approximate surface area is 93.5 Å². The Morgan fingerprint density at radius 3 is 2.73 bits per heavy atom. The number of hydrogen-bond acceptors (Lipinski definition) is 2. The molecular weight excluding hydrogens is 212 g/mol. The lowest BCUT2D eigenvalue weighted by atomic mass is 9.91. The standard InChI is InChI=1S/C11H13ClN2O/c1-7-2-3-8(12)6-9(7)11(4-5-11)10(13)14-15/h2-3,6,15H,4-5H2,1H3,(H2,13,14). The van der Waals surface area contributed by atoms with Gasteiger partial charge in [0.05, 0.1) is 5.41 Å². The van der Waals surface area contributed by atoms with Crippen LogP contribution in [0.3, 0.4) is 0 Å². The summed E-state index contributed by atoms with van der Waals surface area (Å²) in [5, 5.41) is 12.6. The summed E-state index contributed by atoms with van der Waals surface area (Å²) in [7, 11) is 0. The Morgan fingerprint density at radius 2 is 2.20 bits per heavy atom. The Balaban J connectivity index is 2.50. The number of rotatable bonds is 2. The first kappa shape index (κ1) is 10.3. The first-order valence-corrected chi connectivity index (χ1v) is 5.22. The van der Waals surface area contributed by atoms with Crippen molar-refractivity contribution in [3.63, 3.8) is 0 Å². The minimum atomic E-state index is -0.274. The maximum Gasteiger partial charge on any atom is 0.149 e. The van der Waals surface area contributed by atoms with E-state index in [4.69, 9.17) is 22.5 Å². The van der Waals surface area contributed by atoms with E-state index in [0.29, 0.717) is 5.02 Å².